The third-order valence-corrected chi connectivity index (χ3v) is 3.94. The highest BCUT2D eigenvalue weighted by Crippen LogP contribution is 2.29. The number of carbonyl (C=O) groups excluding carboxylic acids is 1. The topological polar surface area (TPSA) is 51.2 Å². The smallest absolute Gasteiger partial charge is 0.357 e. The minimum absolute atomic E-state index is 0.173. The molecule has 3 rings (SSSR count). The lowest BCUT2D eigenvalue weighted by molar-refractivity contribution is 0.0520. The van der Waals surface area contributed by atoms with Gasteiger partial charge in [-0.1, -0.05) is 17.7 Å². The number of carbonyl (C=O) groups is 1. The SMILES string of the molecule is CCOC(=O)c1cc(Nc2ccc(C)c(F)c2)c2cc(Cl)ccc2n1. The zero-order valence-corrected chi connectivity index (χ0v) is 14.5. The Balaban J connectivity index is 2.11. The number of fused-ring (bicyclic) bond motifs is 1. The normalized spacial score (nSPS) is 10.7. The summed E-state index contributed by atoms with van der Waals surface area (Å²) in [5.74, 6) is -0.829. The van der Waals surface area contributed by atoms with Crippen LogP contribution in [-0.4, -0.2) is 17.6 Å². The molecule has 6 heteroatoms. The first-order valence-corrected chi connectivity index (χ1v) is 8.16. The largest absolute Gasteiger partial charge is 0.461 e. The number of nitrogens with zero attached hydrogens (tertiary/aromatic N) is 1. The van der Waals surface area contributed by atoms with Crippen molar-refractivity contribution in [1.82, 2.24) is 4.98 Å². The first-order chi connectivity index (χ1) is 12.0. The molecule has 128 valence electrons. The van der Waals surface area contributed by atoms with Crippen LogP contribution in [0.2, 0.25) is 5.02 Å². The highest BCUT2D eigenvalue weighted by atomic mass is 35.5. The van der Waals surface area contributed by atoms with E-state index in [1.165, 1.54) is 6.07 Å². The van der Waals surface area contributed by atoms with Gasteiger partial charge in [-0.15, -0.1) is 0 Å². The molecule has 0 unspecified atom stereocenters. The van der Waals surface area contributed by atoms with Crippen molar-refractivity contribution >= 4 is 39.8 Å². The van der Waals surface area contributed by atoms with Gasteiger partial charge in [-0.05, 0) is 55.8 Å². The standard InChI is InChI=1S/C19H16ClFN2O2/c1-3-25-19(24)18-10-17(14-8-12(20)5-7-16(14)23-18)22-13-6-4-11(2)15(21)9-13/h4-10H,3H2,1-2H3,(H,22,23). The molecule has 2 aromatic carbocycles. The molecule has 25 heavy (non-hydrogen) atoms. The molecule has 3 aromatic rings. The van der Waals surface area contributed by atoms with Crippen molar-refractivity contribution in [2.24, 2.45) is 0 Å². The van der Waals surface area contributed by atoms with E-state index in [1.54, 1.807) is 50.2 Å². The second-order valence-corrected chi connectivity index (χ2v) is 5.96. The number of esters is 1. The second kappa shape index (κ2) is 7.07. The number of anilines is 2. The van der Waals surface area contributed by atoms with Crippen LogP contribution in [0.3, 0.4) is 0 Å². The van der Waals surface area contributed by atoms with Crippen molar-refractivity contribution in [2.45, 2.75) is 13.8 Å². The zero-order valence-electron chi connectivity index (χ0n) is 13.8. The Morgan fingerprint density at radius 3 is 2.76 bits per heavy atom. The number of halogens is 2. The van der Waals surface area contributed by atoms with Crippen LogP contribution in [0.1, 0.15) is 23.0 Å². The lowest BCUT2D eigenvalue weighted by atomic mass is 10.1. The van der Waals surface area contributed by atoms with Crippen LogP contribution in [0.15, 0.2) is 42.5 Å². The van der Waals surface area contributed by atoms with Crippen molar-refractivity contribution in [1.29, 1.82) is 0 Å². The van der Waals surface area contributed by atoms with Gasteiger partial charge in [0.25, 0.3) is 0 Å². The number of aromatic nitrogens is 1. The number of hydrogen-bond donors (Lipinski definition) is 1. The molecule has 1 aromatic heterocycles. The van der Waals surface area contributed by atoms with E-state index in [1.807, 2.05) is 0 Å². The maximum Gasteiger partial charge on any atom is 0.357 e. The molecule has 1 heterocycles. The molecule has 0 atom stereocenters. The van der Waals surface area contributed by atoms with Crippen LogP contribution in [-0.2, 0) is 4.74 Å². The summed E-state index contributed by atoms with van der Waals surface area (Å²) in [5, 5.41) is 4.40. The Labute approximate surface area is 149 Å². The van der Waals surface area contributed by atoms with Gasteiger partial charge in [0.2, 0.25) is 0 Å². The number of hydrogen-bond acceptors (Lipinski definition) is 4. The molecule has 0 radical (unpaired) electrons. The molecule has 4 nitrogen and oxygen atoms in total. The van der Waals surface area contributed by atoms with E-state index in [9.17, 15) is 9.18 Å². The van der Waals surface area contributed by atoms with E-state index >= 15 is 0 Å². The van der Waals surface area contributed by atoms with Crippen LogP contribution in [0.5, 0.6) is 0 Å². The Morgan fingerprint density at radius 1 is 1.24 bits per heavy atom. The lowest BCUT2D eigenvalue weighted by Gasteiger charge is -2.12. The first kappa shape index (κ1) is 17.2. The van der Waals surface area contributed by atoms with Crippen LogP contribution >= 0.6 is 11.6 Å². The molecule has 0 saturated heterocycles. The quantitative estimate of drug-likeness (QED) is 0.646. The lowest BCUT2D eigenvalue weighted by Crippen LogP contribution is -2.08. The van der Waals surface area contributed by atoms with Gasteiger partial charge in [-0.25, -0.2) is 14.2 Å². The minimum Gasteiger partial charge on any atom is -0.461 e. The van der Waals surface area contributed by atoms with Crippen molar-refractivity contribution in [3.63, 3.8) is 0 Å². The van der Waals surface area contributed by atoms with Crippen molar-refractivity contribution in [2.75, 3.05) is 11.9 Å². The number of rotatable bonds is 4. The Morgan fingerprint density at radius 2 is 2.04 bits per heavy atom. The summed E-state index contributed by atoms with van der Waals surface area (Å²) in [6.45, 7) is 3.68. The van der Waals surface area contributed by atoms with Gasteiger partial charge in [0.05, 0.1) is 17.8 Å². The highest BCUT2D eigenvalue weighted by Gasteiger charge is 2.14. The van der Waals surface area contributed by atoms with Gasteiger partial charge in [0.15, 0.2) is 5.69 Å². The number of nitrogens with one attached hydrogen (secondary N) is 1. The van der Waals surface area contributed by atoms with E-state index in [2.05, 4.69) is 10.3 Å². The molecular formula is C19H16ClFN2O2. The fourth-order valence-electron chi connectivity index (χ4n) is 2.44. The van der Waals surface area contributed by atoms with Crippen LogP contribution in [0, 0.1) is 12.7 Å². The van der Waals surface area contributed by atoms with Crippen molar-refractivity contribution < 1.29 is 13.9 Å². The summed E-state index contributed by atoms with van der Waals surface area (Å²) >= 11 is 6.08. The molecule has 0 spiro atoms. The van der Waals surface area contributed by atoms with E-state index in [4.69, 9.17) is 16.3 Å². The van der Waals surface area contributed by atoms with E-state index < -0.39 is 5.97 Å². The van der Waals surface area contributed by atoms with Crippen LogP contribution in [0.25, 0.3) is 10.9 Å². The maximum atomic E-state index is 13.8. The van der Waals surface area contributed by atoms with Crippen LogP contribution in [0.4, 0.5) is 15.8 Å². The summed E-state index contributed by atoms with van der Waals surface area (Å²) in [6.07, 6.45) is 0. The fourth-order valence-corrected chi connectivity index (χ4v) is 2.61. The summed E-state index contributed by atoms with van der Waals surface area (Å²) < 4.78 is 18.8. The van der Waals surface area contributed by atoms with Gasteiger partial charge in [0, 0.05) is 16.1 Å². The molecule has 1 N–H and O–H groups in total. The number of benzene rings is 2. The molecule has 0 aliphatic rings. The summed E-state index contributed by atoms with van der Waals surface area (Å²) in [6, 6.07) is 11.6. The maximum absolute atomic E-state index is 13.8. The van der Waals surface area contributed by atoms with Crippen molar-refractivity contribution in [3.05, 3.63) is 64.6 Å². The zero-order chi connectivity index (χ0) is 18.0. The summed E-state index contributed by atoms with van der Waals surface area (Å²) in [5.41, 5.74) is 2.47. The van der Waals surface area contributed by atoms with E-state index in [0.29, 0.717) is 27.5 Å². The molecule has 0 aliphatic carbocycles. The predicted octanol–water partition coefficient (Wildman–Crippen LogP) is 5.26. The fraction of sp³-hybridized carbons (Fsp3) is 0.158. The third-order valence-electron chi connectivity index (χ3n) is 3.71. The van der Waals surface area contributed by atoms with Gasteiger partial charge in [-0.3, -0.25) is 0 Å². The monoisotopic (exact) mass is 358 g/mol. The molecule has 0 fully saturated rings. The molecule has 0 bridgehead atoms. The van der Waals surface area contributed by atoms with Gasteiger partial charge >= 0.3 is 5.97 Å². The molecule has 0 saturated carbocycles. The van der Waals surface area contributed by atoms with Crippen molar-refractivity contribution in [3.8, 4) is 0 Å². The van der Waals surface area contributed by atoms with E-state index in [-0.39, 0.29) is 18.1 Å². The van der Waals surface area contributed by atoms with Gasteiger partial charge in [0.1, 0.15) is 5.82 Å². The van der Waals surface area contributed by atoms with Gasteiger partial charge < -0.3 is 10.1 Å². The summed E-state index contributed by atoms with van der Waals surface area (Å²) in [7, 11) is 0. The molecular weight excluding hydrogens is 343 g/mol. The van der Waals surface area contributed by atoms with Crippen LogP contribution < -0.4 is 5.32 Å². The predicted molar refractivity (Wildman–Crippen MR) is 97.1 cm³/mol. The van der Waals surface area contributed by atoms with Gasteiger partial charge in [-0.2, -0.15) is 0 Å². The number of pyridine rings is 1. The Kier molecular flexibility index (Phi) is 4.86. The third kappa shape index (κ3) is 3.72. The number of aryl methyl sites for hydroxylation is 1. The Hall–Kier alpha value is -2.66. The average molecular weight is 359 g/mol. The molecule has 0 aliphatic heterocycles. The first-order valence-electron chi connectivity index (χ1n) is 7.78. The molecule has 0 amide bonds. The number of ether oxygens (including phenoxy) is 1. The Bertz CT molecular complexity index is 960. The summed E-state index contributed by atoms with van der Waals surface area (Å²) in [4.78, 5) is 16.4. The highest BCUT2D eigenvalue weighted by molar-refractivity contribution is 6.31. The average Bonchev–Trinajstić information content (AvgIpc) is 2.58. The van der Waals surface area contributed by atoms with E-state index in [0.717, 1.165) is 5.39 Å². The minimum atomic E-state index is -0.516. The second-order valence-electron chi connectivity index (χ2n) is 5.53.